The van der Waals surface area contributed by atoms with Crippen LogP contribution in [0.15, 0.2) is 24.3 Å². The summed E-state index contributed by atoms with van der Waals surface area (Å²) < 4.78 is 5.48. The number of anilines is 1. The van der Waals surface area contributed by atoms with Gasteiger partial charge in [0.05, 0.1) is 0 Å². The van der Waals surface area contributed by atoms with E-state index in [1.54, 1.807) is 0 Å². The number of benzene rings is 1. The van der Waals surface area contributed by atoms with Crippen LogP contribution in [0, 0.1) is 24.2 Å². The number of hydrogen-bond donors (Lipinski definition) is 0. The van der Waals surface area contributed by atoms with Gasteiger partial charge in [0.2, 0.25) is 0 Å². The van der Waals surface area contributed by atoms with Crippen LogP contribution in [0.5, 0.6) is 0 Å². The minimum absolute atomic E-state index is 0.00652. The Kier molecular flexibility index (Phi) is 5.38. The molecule has 0 aromatic heterocycles. The average Bonchev–Trinajstić information content (AvgIpc) is 2.32. The molecule has 0 saturated heterocycles. The molecule has 0 aliphatic rings. The van der Waals surface area contributed by atoms with E-state index in [0.29, 0.717) is 11.8 Å². The number of nitrogens with zero attached hydrogens (tertiary/aromatic N) is 1. The van der Waals surface area contributed by atoms with Crippen molar-refractivity contribution in [3.8, 4) is 11.8 Å². The summed E-state index contributed by atoms with van der Waals surface area (Å²) in [5.41, 5.74) is 2.21. The molecular formula is C16H21NOS. The largest absolute Gasteiger partial charge is 0.457 e. The quantitative estimate of drug-likeness (QED) is 0.602. The van der Waals surface area contributed by atoms with E-state index in [9.17, 15) is 0 Å². The van der Waals surface area contributed by atoms with Gasteiger partial charge in [0.1, 0.15) is 0 Å². The van der Waals surface area contributed by atoms with Gasteiger partial charge < -0.3 is 9.64 Å². The van der Waals surface area contributed by atoms with Gasteiger partial charge in [0.15, 0.2) is 6.61 Å². The number of rotatable bonds is 2. The van der Waals surface area contributed by atoms with E-state index in [4.69, 9.17) is 17.0 Å². The summed E-state index contributed by atoms with van der Waals surface area (Å²) >= 11 is 5.24. The molecule has 1 aromatic carbocycles. The fraction of sp³-hybridized carbons (Fsp3) is 0.438. The summed E-state index contributed by atoms with van der Waals surface area (Å²) in [7, 11) is 1.90. The molecule has 0 heterocycles. The van der Waals surface area contributed by atoms with Gasteiger partial charge in [-0.3, -0.25) is 0 Å². The molecular weight excluding hydrogens is 254 g/mol. The van der Waals surface area contributed by atoms with Crippen molar-refractivity contribution in [3.05, 3.63) is 29.8 Å². The first kappa shape index (κ1) is 15.5. The minimum Gasteiger partial charge on any atom is -0.457 e. The van der Waals surface area contributed by atoms with Gasteiger partial charge in [0.25, 0.3) is 5.17 Å². The van der Waals surface area contributed by atoms with Crippen LogP contribution in [-0.4, -0.2) is 18.8 Å². The molecule has 0 fully saturated rings. The molecule has 1 aromatic rings. The fourth-order valence-electron chi connectivity index (χ4n) is 1.44. The van der Waals surface area contributed by atoms with Crippen molar-refractivity contribution >= 4 is 23.1 Å². The first-order valence-electron chi connectivity index (χ1n) is 6.27. The number of aryl methyl sites for hydroxylation is 1. The Labute approximate surface area is 121 Å². The second-order valence-electron chi connectivity index (χ2n) is 5.50. The maximum atomic E-state index is 5.48. The summed E-state index contributed by atoms with van der Waals surface area (Å²) in [4.78, 5) is 1.85. The third-order valence-corrected chi connectivity index (χ3v) is 2.79. The zero-order chi connectivity index (χ0) is 14.5. The van der Waals surface area contributed by atoms with E-state index in [-0.39, 0.29) is 5.41 Å². The number of ether oxygens (including phenoxy) is 1. The van der Waals surface area contributed by atoms with Crippen LogP contribution in [0.25, 0.3) is 0 Å². The van der Waals surface area contributed by atoms with Crippen LogP contribution < -0.4 is 4.90 Å². The molecule has 0 unspecified atom stereocenters. The van der Waals surface area contributed by atoms with Crippen molar-refractivity contribution in [2.45, 2.75) is 27.7 Å². The van der Waals surface area contributed by atoms with E-state index < -0.39 is 0 Å². The lowest BCUT2D eigenvalue weighted by molar-refractivity contribution is 0.359. The predicted molar refractivity (Wildman–Crippen MR) is 85.4 cm³/mol. The SMILES string of the molecule is Cc1cccc(N(C)C(=S)OCC#CC(C)(C)C)c1. The maximum Gasteiger partial charge on any atom is 0.264 e. The molecule has 0 radical (unpaired) electrons. The molecule has 3 heteroatoms. The lowest BCUT2D eigenvalue weighted by Gasteiger charge is -2.19. The molecule has 0 amide bonds. The Bertz CT molecular complexity index is 505. The molecule has 0 aliphatic heterocycles. The first-order valence-corrected chi connectivity index (χ1v) is 6.67. The van der Waals surface area contributed by atoms with E-state index in [1.165, 1.54) is 5.56 Å². The highest BCUT2D eigenvalue weighted by Crippen LogP contribution is 2.15. The highest BCUT2D eigenvalue weighted by Gasteiger charge is 2.08. The van der Waals surface area contributed by atoms with Crippen LogP contribution in [0.4, 0.5) is 5.69 Å². The van der Waals surface area contributed by atoms with Crippen LogP contribution in [0.2, 0.25) is 0 Å². The summed E-state index contributed by atoms with van der Waals surface area (Å²) in [5, 5.41) is 0.439. The highest BCUT2D eigenvalue weighted by atomic mass is 32.1. The average molecular weight is 275 g/mol. The number of thiocarbonyl (C=S) groups is 1. The molecule has 0 saturated carbocycles. The summed E-state index contributed by atoms with van der Waals surface area (Å²) in [6, 6.07) is 8.12. The Hall–Kier alpha value is -1.53. The number of hydrogen-bond acceptors (Lipinski definition) is 2. The molecule has 19 heavy (non-hydrogen) atoms. The van der Waals surface area contributed by atoms with Crippen molar-refractivity contribution in [2.75, 3.05) is 18.6 Å². The first-order chi connectivity index (χ1) is 8.79. The topological polar surface area (TPSA) is 12.5 Å². The van der Waals surface area contributed by atoms with E-state index >= 15 is 0 Å². The highest BCUT2D eigenvalue weighted by molar-refractivity contribution is 7.80. The standard InChI is InChI=1S/C16H21NOS/c1-13-8-6-9-14(12-13)17(5)15(19)18-11-7-10-16(2,3)4/h6,8-9,12H,11H2,1-5H3. The molecule has 0 N–H and O–H groups in total. The van der Waals surface area contributed by atoms with Gasteiger partial charge in [-0.05, 0) is 57.6 Å². The molecule has 1 rings (SSSR count). The molecule has 0 spiro atoms. The van der Waals surface area contributed by atoms with Crippen molar-refractivity contribution in [1.82, 2.24) is 0 Å². The van der Waals surface area contributed by atoms with Crippen molar-refractivity contribution in [2.24, 2.45) is 5.41 Å². The molecule has 2 nitrogen and oxygen atoms in total. The van der Waals surface area contributed by atoms with Crippen molar-refractivity contribution in [1.29, 1.82) is 0 Å². The molecule has 0 bridgehead atoms. The van der Waals surface area contributed by atoms with Gasteiger partial charge in [-0.25, -0.2) is 0 Å². The van der Waals surface area contributed by atoms with Crippen LogP contribution in [0.1, 0.15) is 26.3 Å². The lowest BCUT2D eigenvalue weighted by Crippen LogP contribution is -2.26. The van der Waals surface area contributed by atoms with Crippen molar-refractivity contribution in [3.63, 3.8) is 0 Å². The van der Waals surface area contributed by atoms with Gasteiger partial charge in [-0.1, -0.05) is 24.0 Å². The normalized spacial score (nSPS) is 10.4. The van der Waals surface area contributed by atoms with Gasteiger partial charge in [-0.2, -0.15) is 0 Å². The zero-order valence-electron chi connectivity index (χ0n) is 12.3. The van der Waals surface area contributed by atoms with E-state index in [1.807, 2.05) is 24.1 Å². The summed E-state index contributed by atoms with van der Waals surface area (Å²) in [6.07, 6.45) is 0. The van der Waals surface area contributed by atoms with Crippen LogP contribution in [0.3, 0.4) is 0 Å². The summed E-state index contributed by atoms with van der Waals surface area (Å²) in [5.74, 6) is 6.10. The molecule has 0 atom stereocenters. The fourth-order valence-corrected chi connectivity index (χ4v) is 1.60. The third-order valence-electron chi connectivity index (χ3n) is 2.39. The summed E-state index contributed by atoms with van der Waals surface area (Å²) in [6.45, 7) is 8.58. The van der Waals surface area contributed by atoms with Gasteiger partial charge in [-0.15, -0.1) is 0 Å². The Morgan fingerprint density at radius 1 is 1.37 bits per heavy atom. The zero-order valence-corrected chi connectivity index (χ0v) is 13.1. The van der Waals surface area contributed by atoms with Crippen LogP contribution >= 0.6 is 12.2 Å². The molecule has 102 valence electrons. The minimum atomic E-state index is -0.00652. The monoisotopic (exact) mass is 275 g/mol. The Morgan fingerprint density at radius 3 is 2.63 bits per heavy atom. The maximum absolute atomic E-state index is 5.48. The Morgan fingerprint density at radius 2 is 2.05 bits per heavy atom. The van der Waals surface area contributed by atoms with Crippen LogP contribution in [-0.2, 0) is 4.74 Å². The lowest BCUT2D eigenvalue weighted by atomic mass is 9.98. The molecule has 0 aliphatic carbocycles. The van der Waals surface area contributed by atoms with Gasteiger partial charge in [0, 0.05) is 18.2 Å². The third kappa shape index (κ3) is 5.76. The second-order valence-corrected chi connectivity index (χ2v) is 5.85. The van der Waals surface area contributed by atoms with Gasteiger partial charge >= 0.3 is 0 Å². The van der Waals surface area contributed by atoms with E-state index in [0.717, 1.165) is 5.69 Å². The second kappa shape index (κ2) is 6.58. The smallest absolute Gasteiger partial charge is 0.264 e. The Balaban J connectivity index is 2.56. The van der Waals surface area contributed by atoms with Crippen molar-refractivity contribution < 1.29 is 4.74 Å². The predicted octanol–water partition coefficient (Wildman–Crippen LogP) is 3.78. The van der Waals surface area contributed by atoms with E-state index in [2.05, 4.69) is 51.7 Å².